The number of carbonyl (C=O) groups excluding carboxylic acids is 1. The van der Waals surface area contributed by atoms with Gasteiger partial charge >= 0.3 is 0 Å². The van der Waals surface area contributed by atoms with Gasteiger partial charge in [-0.3, -0.25) is 4.79 Å². The van der Waals surface area contributed by atoms with E-state index >= 15 is 0 Å². The van der Waals surface area contributed by atoms with E-state index in [-0.39, 0.29) is 18.1 Å². The van der Waals surface area contributed by atoms with Gasteiger partial charge in [-0.25, -0.2) is 0 Å². The van der Waals surface area contributed by atoms with E-state index in [0.717, 1.165) is 18.7 Å². The number of hydrogen-bond donors (Lipinski definition) is 2. The summed E-state index contributed by atoms with van der Waals surface area (Å²) in [4.78, 5) is 12.1. The van der Waals surface area contributed by atoms with Crippen molar-refractivity contribution >= 4 is 17.5 Å². The molecule has 1 fully saturated rings. The van der Waals surface area contributed by atoms with Crippen molar-refractivity contribution in [1.29, 1.82) is 0 Å². The Labute approximate surface area is 112 Å². The highest BCUT2D eigenvalue weighted by atomic mass is 35.5. The molecule has 5 heteroatoms. The van der Waals surface area contributed by atoms with E-state index in [0.29, 0.717) is 10.6 Å². The van der Waals surface area contributed by atoms with Crippen molar-refractivity contribution in [2.75, 3.05) is 20.2 Å². The second-order valence-corrected chi connectivity index (χ2v) is 4.88. The minimum Gasteiger partial charge on any atom is -0.378 e. The highest BCUT2D eigenvalue weighted by molar-refractivity contribution is 6.31. The van der Waals surface area contributed by atoms with Crippen LogP contribution in [0.15, 0.2) is 18.2 Å². The van der Waals surface area contributed by atoms with E-state index in [1.807, 2.05) is 6.92 Å². The molecule has 98 valence electrons. The average molecular weight is 269 g/mol. The van der Waals surface area contributed by atoms with Crippen LogP contribution in [0.25, 0.3) is 0 Å². The molecular formula is C13H17ClN2O2. The molecule has 0 bridgehead atoms. The zero-order valence-corrected chi connectivity index (χ0v) is 11.3. The first kappa shape index (κ1) is 13.3. The lowest BCUT2D eigenvalue weighted by atomic mass is 10.1. The summed E-state index contributed by atoms with van der Waals surface area (Å²) in [5, 5.41) is 6.83. The Morgan fingerprint density at radius 3 is 2.94 bits per heavy atom. The lowest BCUT2D eigenvalue weighted by Crippen LogP contribution is -2.43. The lowest BCUT2D eigenvalue weighted by molar-refractivity contribution is 0.0780. The van der Waals surface area contributed by atoms with Gasteiger partial charge in [-0.15, -0.1) is 0 Å². The predicted molar refractivity (Wildman–Crippen MR) is 71.1 cm³/mol. The van der Waals surface area contributed by atoms with E-state index in [9.17, 15) is 4.79 Å². The minimum atomic E-state index is -0.0921. The SMILES string of the molecule is CO[C@H]1CNCC1NC(=O)c1ccc(Cl)c(C)c1. The van der Waals surface area contributed by atoms with Gasteiger partial charge < -0.3 is 15.4 Å². The summed E-state index contributed by atoms with van der Waals surface area (Å²) >= 11 is 5.94. The summed E-state index contributed by atoms with van der Waals surface area (Å²) < 4.78 is 5.31. The summed E-state index contributed by atoms with van der Waals surface area (Å²) in [7, 11) is 1.66. The molecule has 1 unspecified atom stereocenters. The smallest absolute Gasteiger partial charge is 0.251 e. The fraction of sp³-hybridized carbons (Fsp3) is 0.462. The molecule has 1 aromatic rings. The average Bonchev–Trinajstić information content (AvgIpc) is 2.79. The molecule has 0 aromatic heterocycles. The molecule has 1 aromatic carbocycles. The number of benzene rings is 1. The summed E-state index contributed by atoms with van der Waals surface area (Å²) in [6.07, 6.45) is 0.0300. The predicted octanol–water partition coefficient (Wildman–Crippen LogP) is 1.37. The summed E-state index contributed by atoms with van der Waals surface area (Å²) in [5.74, 6) is -0.0921. The van der Waals surface area contributed by atoms with Crippen LogP contribution in [0.5, 0.6) is 0 Å². The van der Waals surface area contributed by atoms with Crippen molar-refractivity contribution in [1.82, 2.24) is 10.6 Å². The van der Waals surface area contributed by atoms with Gasteiger partial charge in [0.05, 0.1) is 12.1 Å². The minimum absolute atomic E-state index is 0.0125. The summed E-state index contributed by atoms with van der Waals surface area (Å²) in [5.41, 5.74) is 1.52. The van der Waals surface area contributed by atoms with Gasteiger partial charge in [-0.05, 0) is 30.7 Å². The lowest BCUT2D eigenvalue weighted by Gasteiger charge is -2.18. The quantitative estimate of drug-likeness (QED) is 0.871. The first-order valence-electron chi connectivity index (χ1n) is 5.92. The number of nitrogens with one attached hydrogen (secondary N) is 2. The Kier molecular flexibility index (Phi) is 4.22. The molecule has 4 nitrogen and oxygen atoms in total. The Balaban J connectivity index is 2.05. The molecule has 0 radical (unpaired) electrons. The molecule has 1 aliphatic heterocycles. The van der Waals surface area contributed by atoms with Crippen LogP contribution >= 0.6 is 11.6 Å². The largest absolute Gasteiger partial charge is 0.378 e. The van der Waals surface area contributed by atoms with Crippen LogP contribution in [-0.4, -0.2) is 38.3 Å². The zero-order valence-electron chi connectivity index (χ0n) is 10.5. The van der Waals surface area contributed by atoms with Crippen molar-refractivity contribution in [3.8, 4) is 0 Å². The normalized spacial score (nSPS) is 23.1. The van der Waals surface area contributed by atoms with Gasteiger partial charge in [0.2, 0.25) is 0 Å². The molecular weight excluding hydrogens is 252 g/mol. The fourth-order valence-corrected chi connectivity index (χ4v) is 2.20. The Bertz CT molecular complexity index is 451. The zero-order chi connectivity index (χ0) is 13.1. The molecule has 0 saturated carbocycles. The molecule has 1 heterocycles. The van der Waals surface area contributed by atoms with Gasteiger partial charge in [0.1, 0.15) is 0 Å². The Morgan fingerprint density at radius 1 is 1.50 bits per heavy atom. The van der Waals surface area contributed by atoms with Crippen LogP contribution in [0.1, 0.15) is 15.9 Å². The standard InChI is InChI=1S/C13H17ClN2O2/c1-8-5-9(3-4-10(8)14)13(17)16-11-6-15-7-12(11)18-2/h3-5,11-12,15H,6-7H2,1-2H3,(H,16,17)/t11?,12-/m0/s1. The van der Waals surface area contributed by atoms with Crippen LogP contribution in [0, 0.1) is 6.92 Å². The third-order valence-corrected chi connectivity index (χ3v) is 3.62. The first-order valence-corrected chi connectivity index (χ1v) is 6.30. The third kappa shape index (κ3) is 2.83. The van der Waals surface area contributed by atoms with Gasteiger partial charge in [-0.1, -0.05) is 11.6 Å². The maximum Gasteiger partial charge on any atom is 0.251 e. The Hall–Kier alpha value is -1.10. The topological polar surface area (TPSA) is 50.4 Å². The summed E-state index contributed by atoms with van der Waals surface area (Å²) in [6.45, 7) is 3.38. The first-order chi connectivity index (χ1) is 8.61. The molecule has 1 amide bonds. The van der Waals surface area contributed by atoms with Gasteiger partial charge in [0.15, 0.2) is 0 Å². The van der Waals surface area contributed by atoms with Crippen LogP contribution in [0.4, 0.5) is 0 Å². The number of aryl methyl sites for hydroxylation is 1. The molecule has 1 aliphatic rings. The van der Waals surface area contributed by atoms with Crippen LogP contribution < -0.4 is 10.6 Å². The van der Waals surface area contributed by atoms with E-state index in [2.05, 4.69) is 10.6 Å². The van der Waals surface area contributed by atoms with Crippen LogP contribution in [0.3, 0.4) is 0 Å². The van der Waals surface area contributed by atoms with Crippen molar-refractivity contribution in [3.05, 3.63) is 34.3 Å². The molecule has 0 aliphatic carbocycles. The third-order valence-electron chi connectivity index (χ3n) is 3.20. The highest BCUT2D eigenvalue weighted by Crippen LogP contribution is 2.16. The van der Waals surface area contributed by atoms with E-state index in [1.54, 1.807) is 25.3 Å². The van der Waals surface area contributed by atoms with E-state index in [1.165, 1.54) is 0 Å². The van der Waals surface area contributed by atoms with Crippen molar-refractivity contribution in [3.63, 3.8) is 0 Å². The fourth-order valence-electron chi connectivity index (χ4n) is 2.08. The van der Waals surface area contributed by atoms with Crippen molar-refractivity contribution < 1.29 is 9.53 Å². The second-order valence-electron chi connectivity index (χ2n) is 4.48. The number of halogens is 1. The maximum absolute atomic E-state index is 12.1. The van der Waals surface area contributed by atoms with Gasteiger partial charge in [0, 0.05) is 30.8 Å². The number of amides is 1. The molecule has 2 rings (SSSR count). The molecule has 18 heavy (non-hydrogen) atoms. The molecule has 2 N–H and O–H groups in total. The molecule has 1 saturated heterocycles. The maximum atomic E-state index is 12.1. The number of ether oxygens (including phenoxy) is 1. The molecule has 2 atom stereocenters. The highest BCUT2D eigenvalue weighted by Gasteiger charge is 2.28. The van der Waals surface area contributed by atoms with E-state index in [4.69, 9.17) is 16.3 Å². The van der Waals surface area contributed by atoms with Gasteiger partial charge in [0.25, 0.3) is 5.91 Å². The summed E-state index contributed by atoms with van der Waals surface area (Å²) in [6, 6.07) is 5.28. The number of carbonyl (C=O) groups is 1. The van der Waals surface area contributed by atoms with E-state index < -0.39 is 0 Å². The monoisotopic (exact) mass is 268 g/mol. The molecule has 0 spiro atoms. The number of methoxy groups -OCH3 is 1. The number of hydrogen-bond acceptors (Lipinski definition) is 3. The van der Waals surface area contributed by atoms with Crippen molar-refractivity contribution in [2.24, 2.45) is 0 Å². The Morgan fingerprint density at radius 2 is 2.28 bits per heavy atom. The van der Waals surface area contributed by atoms with Gasteiger partial charge in [-0.2, -0.15) is 0 Å². The van der Waals surface area contributed by atoms with Crippen LogP contribution in [-0.2, 0) is 4.74 Å². The second kappa shape index (κ2) is 5.69. The number of rotatable bonds is 3. The van der Waals surface area contributed by atoms with Crippen LogP contribution in [0.2, 0.25) is 5.02 Å². The van der Waals surface area contributed by atoms with Crippen molar-refractivity contribution in [2.45, 2.75) is 19.1 Å².